The van der Waals surface area contributed by atoms with Crippen LogP contribution in [0.1, 0.15) is 27.7 Å². The molecule has 0 amide bonds. The molecule has 0 bridgehead atoms. The molecule has 2 heteroatoms. The number of hydrogen-bond donors (Lipinski definition) is 1. The minimum atomic E-state index is 0.707. The summed E-state index contributed by atoms with van der Waals surface area (Å²) in [6, 6.07) is 0.707. The zero-order chi connectivity index (χ0) is 10.7. The molecule has 14 heavy (non-hydrogen) atoms. The predicted molar refractivity (Wildman–Crippen MR) is 62.5 cm³/mol. The molecule has 1 rings (SSSR count). The fraction of sp³-hybridized carbons (Fsp3) is 1.00. The number of nitrogens with one attached hydrogen (secondary N) is 1. The summed E-state index contributed by atoms with van der Waals surface area (Å²) >= 11 is 0. The Bertz CT molecular complexity index is 166. The van der Waals surface area contributed by atoms with Crippen molar-refractivity contribution in [2.45, 2.75) is 33.7 Å². The van der Waals surface area contributed by atoms with Crippen LogP contribution in [-0.4, -0.2) is 37.6 Å². The van der Waals surface area contributed by atoms with Crippen molar-refractivity contribution in [1.29, 1.82) is 0 Å². The molecule has 0 radical (unpaired) electrons. The summed E-state index contributed by atoms with van der Waals surface area (Å²) in [4.78, 5) is 2.62. The molecule has 1 saturated heterocycles. The highest BCUT2D eigenvalue weighted by atomic mass is 15.2. The second-order valence-corrected chi connectivity index (χ2v) is 5.27. The Balaban J connectivity index is 2.55. The molecule has 0 saturated carbocycles. The smallest absolute Gasteiger partial charge is 0.00388 e. The Labute approximate surface area is 89.1 Å². The molecule has 2 nitrogen and oxygen atoms in total. The van der Waals surface area contributed by atoms with Crippen molar-refractivity contribution in [3.63, 3.8) is 0 Å². The van der Waals surface area contributed by atoms with Crippen molar-refractivity contribution in [2.24, 2.45) is 17.8 Å². The van der Waals surface area contributed by atoms with Crippen molar-refractivity contribution in [3.05, 3.63) is 0 Å². The van der Waals surface area contributed by atoms with E-state index in [1.807, 2.05) is 0 Å². The molecule has 0 spiro atoms. The molecule has 0 aromatic heterocycles. The summed E-state index contributed by atoms with van der Waals surface area (Å²) in [6.45, 7) is 13.1. The molecule has 2 unspecified atom stereocenters. The molecule has 1 fully saturated rings. The lowest BCUT2D eigenvalue weighted by Gasteiger charge is -2.21. The molecule has 0 aromatic rings. The molecule has 84 valence electrons. The van der Waals surface area contributed by atoms with Gasteiger partial charge in [0.1, 0.15) is 0 Å². The van der Waals surface area contributed by atoms with Gasteiger partial charge in [-0.25, -0.2) is 0 Å². The van der Waals surface area contributed by atoms with Gasteiger partial charge in [-0.3, -0.25) is 0 Å². The number of rotatable bonds is 4. The highest BCUT2D eigenvalue weighted by Gasteiger charge is 2.34. The largest absolute Gasteiger partial charge is 0.319 e. The molecular formula is C12H26N2. The van der Waals surface area contributed by atoms with Crippen LogP contribution in [-0.2, 0) is 0 Å². The highest BCUT2D eigenvalue weighted by molar-refractivity contribution is 4.87. The van der Waals surface area contributed by atoms with Gasteiger partial charge in [0.25, 0.3) is 0 Å². The fourth-order valence-electron chi connectivity index (χ4n) is 2.59. The van der Waals surface area contributed by atoms with Gasteiger partial charge in [0.05, 0.1) is 0 Å². The molecule has 1 heterocycles. The van der Waals surface area contributed by atoms with E-state index < -0.39 is 0 Å². The zero-order valence-corrected chi connectivity index (χ0v) is 10.4. The summed E-state index contributed by atoms with van der Waals surface area (Å²) < 4.78 is 0. The van der Waals surface area contributed by atoms with Crippen LogP contribution in [0.5, 0.6) is 0 Å². The van der Waals surface area contributed by atoms with E-state index in [1.54, 1.807) is 0 Å². The number of likely N-dealkylation sites (tertiary alicyclic amines) is 1. The maximum absolute atomic E-state index is 3.33. The minimum Gasteiger partial charge on any atom is -0.319 e. The van der Waals surface area contributed by atoms with Crippen LogP contribution in [0.4, 0.5) is 0 Å². The zero-order valence-electron chi connectivity index (χ0n) is 10.4. The molecule has 1 N–H and O–H groups in total. The summed E-state index contributed by atoms with van der Waals surface area (Å²) in [6.07, 6.45) is 0. The Kier molecular flexibility index (Phi) is 4.39. The molecule has 1 aliphatic heterocycles. The van der Waals surface area contributed by atoms with Gasteiger partial charge in [-0.1, -0.05) is 13.8 Å². The van der Waals surface area contributed by atoms with Crippen LogP contribution in [0.25, 0.3) is 0 Å². The van der Waals surface area contributed by atoms with E-state index in [-0.39, 0.29) is 0 Å². The second-order valence-electron chi connectivity index (χ2n) is 5.27. The van der Waals surface area contributed by atoms with E-state index in [1.165, 1.54) is 19.6 Å². The monoisotopic (exact) mass is 198 g/mol. The van der Waals surface area contributed by atoms with Crippen molar-refractivity contribution in [3.8, 4) is 0 Å². The molecule has 0 aliphatic carbocycles. The first kappa shape index (κ1) is 12.0. The van der Waals surface area contributed by atoms with Crippen molar-refractivity contribution in [1.82, 2.24) is 10.2 Å². The van der Waals surface area contributed by atoms with Gasteiger partial charge < -0.3 is 10.2 Å². The lowest BCUT2D eigenvalue weighted by molar-refractivity contribution is 0.253. The first-order chi connectivity index (χ1) is 6.56. The van der Waals surface area contributed by atoms with Crippen LogP contribution in [0, 0.1) is 17.8 Å². The lowest BCUT2D eigenvalue weighted by atomic mass is 9.86. The standard InChI is InChI=1S/C12H26N2/c1-9(2)12-8-14(10(3)4)7-11(12)6-13-5/h9-13H,6-8H2,1-5H3. The van der Waals surface area contributed by atoms with Crippen LogP contribution >= 0.6 is 0 Å². The summed E-state index contributed by atoms with van der Waals surface area (Å²) in [7, 11) is 2.06. The quantitative estimate of drug-likeness (QED) is 0.741. The van der Waals surface area contributed by atoms with E-state index in [0.717, 1.165) is 17.8 Å². The predicted octanol–water partition coefficient (Wildman–Crippen LogP) is 1.82. The third kappa shape index (κ3) is 2.71. The highest BCUT2D eigenvalue weighted by Crippen LogP contribution is 2.30. The lowest BCUT2D eigenvalue weighted by Crippen LogP contribution is -2.29. The molecule has 1 aliphatic rings. The Morgan fingerprint density at radius 2 is 1.86 bits per heavy atom. The van der Waals surface area contributed by atoms with Crippen molar-refractivity contribution < 1.29 is 0 Å². The van der Waals surface area contributed by atoms with Gasteiger partial charge >= 0.3 is 0 Å². The van der Waals surface area contributed by atoms with Crippen LogP contribution in [0.15, 0.2) is 0 Å². The summed E-state index contributed by atoms with van der Waals surface area (Å²) in [5, 5.41) is 3.33. The van der Waals surface area contributed by atoms with E-state index in [9.17, 15) is 0 Å². The van der Waals surface area contributed by atoms with Gasteiger partial charge in [0.15, 0.2) is 0 Å². The fourth-order valence-corrected chi connectivity index (χ4v) is 2.59. The molecular weight excluding hydrogens is 172 g/mol. The maximum atomic E-state index is 3.33. The maximum Gasteiger partial charge on any atom is 0.00388 e. The summed E-state index contributed by atoms with van der Waals surface area (Å²) in [5.74, 6) is 2.55. The average Bonchev–Trinajstić information content (AvgIpc) is 2.49. The second kappa shape index (κ2) is 5.13. The minimum absolute atomic E-state index is 0.707. The van der Waals surface area contributed by atoms with E-state index >= 15 is 0 Å². The van der Waals surface area contributed by atoms with Gasteiger partial charge in [-0.15, -0.1) is 0 Å². The van der Waals surface area contributed by atoms with E-state index in [4.69, 9.17) is 0 Å². The Morgan fingerprint density at radius 1 is 1.21 bits per heavy atom. The van der Waals surface area contributed by atoms with E-state index in [0.29, 0.717) is 6.04 Å². The first-order valence-corrected chi connectivity index (χ1v) is 5.95. The Hall–Kier alpha value is -0.0800. The number of hydrogen-bond acceptors (Lipinski definition) is 2. The third-order valence-electron chi connectivity index (χ3n) is 3.57. The van der Waals surface area contributed by atoms with Crippen molar-refractivity contribution >= 4 is 0 Å². The SMILES string of the molecule is CNCC1CN(C(C)C)CC1C(C)C. The Morgan fingerprint density at radius 3 is 2.29 bits per heavy atom. The normalized spacial score (nSPS) is 29.4. The molecule has 0 aromatic carbocycles. The van der Waals surface area contributed by atoms with Crippen LogP contribution < -0.4 is 5.32 Å². The number of nitrogens with zero attached hydrogens (tertiary/aromatic N) is 1. The molecule has 2 atom stereocenters. The average molecular weight is 198 g/mol. The topological polar surface area (TPSA) is 15.3 Å². The summed E-state index contributed by atoms with van der Waals surface area (Å²) in [5.41, 5.74) is 0. The van der Waals surface area contributed by atoms with Gasteiger partial charge in [0.2, 0.25) is 0 Å². The third-order valence-corrected chi connectivity index (χ3v) is 3.57. The first-order valence-electron chi connectivity index (χ1n) is 5.95. The van der Waals surface area contributed by atoms with Crippen LogP contribution in [0.2, 0.25) is 0 Å². The van der Waals surface area contributed by atoms with E-state index in [2.05, 4.69) is 45.0 Å². The van der Waals surface area contributed by atoms with Crippen LogP contribution in [0.3, 0.4) is 0 Å². The van der Waals surface area contributed by atoms with Gasteiger partial charge in [0, 0.05) is 19.1 Å². The van der Waals surface area contributed by atoms with Crippen molar-refractivity contribution in [2.75, 3.05) is 26.7 Å². The van der Waals surface area contributed by atoms with Gasteiger partial charge in [-0.05, 0) is 45.2 Å². The van der Waals surface area contributed by atoms with Gasteiger partial charge in [-0.2, -0.15) is 0 Å².